The molecule has 1 fully saturated rings. The van der Waals surface area contributed by atoms with Crippen LogP contribution in [0.3, 0.4) is 0 Å². The van der Waals surface area contributed by atoms with Gasteiger partial charge in [0.1, 0.15) is 0 Å². The molecule has 21 heavy (non-hydrogen) atoms. The molecule has 0 spiro atoms. The van der Waals surface area contributed by atoms with Crippen LogP contribution in [0, 0.1) is 5.92 Å². The van der Waals surface area contributed by atoms with E-state index in [0.717, 1.165) is 25.7 Å². The molecule has 2 rings (SSSR count). The molecule has 1 aromatic carbocycles. The lowest BCUT2D eigenvalue weighted by molar-refractivity contribution is 0.0696. The number of aromatic carboxylic acids is 1. The standard InChI is InChI=1S/C15H21NO4S/c1-11(12-6-3-2-4-7-12)16-21(19,20)14-9-5-8-13(10-14)15(17)18/h5,8-12,16H,2-4,6-7H2,1H3,(H,17,18)/t11-/m0/s1. The highest BCUT2D eigenvalue weighted by Crippen LogP contribution is 2.27. The van der Waals surface area contributed by atoms with Crippen LogP contribution in [0.5, 0.6) is 0 Å². The van der Waals surface area contributed by atoms with Gasteiger partial charge in [0, 0.05) is 6.04 Å². The maximum Gasteiger partial charge on any atom is 0.335 e. The minimum absolute atomic E-state index is 0.00468. The Morgan fingerprint density at radius 2 is 1.95 bits per heavy atom. The summed E-state index contributed by atoms with van der Waals surface area (Å²) in [5.74, 6) is -0.774. The van der Waals surface area contributed by atoms with E-state index in [1.807, 2.05) is 6.92 Å². The molecule has 0 amide bonds. The highest BCUT2D eigenvalue weighted by atomic mass is 32.2. The van der Waals surface area contributed by atoms with Gasteiger partial charge in [0.25, 0.3) is 0 Å². The van der Waals surface area contributed by atoms with Crippen molar-refractivity contribution in [2.24, 2.45) is 5.92 Å². The molecule has 2 N–H and O–H groups in total. The second kappa shape index (κ2) is 6.58. The number of benzene rings is 1. The fourth-order valence-electron chi connectivity index (χ4n) is 2.84. The van der Waals surface area contributed by atoms with Crippen LogP contribution in [-0.2, 0) is 10.0 Å². The van der Waals surface area contributed by atoms with E-state index in [0.29, 0.717) is 5.92 Å². The second-order valence-electron chi connectivity index (χ2n) is 5.64. The van der Waals surface area contributed by atoms with Crippen LogP contribution in [0.1, 0.15) is 49.4 Å². The Morgan fingerprint density at radius 1 is 1.29 bits per heavy atom. The van der Waals surface area contributed by atoms with Crippen LogP contribution >= 0.6 is 0 Å². The third kappa shape index (κ3) is 4.04. The third-order valence-corrected chi connectivity index (χ3v) is 5.65. The molecule has 0 aliphatic heterocycles. The molecule has 1 saturated carbocycles. The molecule has 0 saturated heterocycles. The Morgan fingerprint density at radius 3 is 2.57 bits per heavy atom. The van der Waals surface area contributed by atoms with Gasteiger partial charge < -0.3 is 5.11 Å². The molecule has 6 heteroatoms. The van der Waals surface area contributed by atoms with Crippen LogP contribution in [0.25, 0.3) is 0 Å². The van der Waals surface area contributed by atoms with Crippen LogP contribution in [0.15, 0.2) is 29.2 Å². The number of carboxylic acids is 1. The first-order valence-corrected chi connectivity index (χ1v) is 8.74. The quantitative estimate of drug-likeness (QED) is 0.875. The average Bonchev–Trinajstić information content (AvgIpc) is 2.48. The van der Waals surface area contributed by atoms with Gasteiger partial charge in [-0.2, -0.15) is 0 Å². The van der Waals surface area contributed by atoms with Gasteiger partial charge >= 0.3 is 5.97 Å². The van der Waals surface area contributed by atoms with Gasteiger partial charge in [-0.05, 0) is 43.9 Å². The summed E-state index contributed by atoms with van der Waals surface area (Å²) in [6.07, 6.45) is 5.59. The molecule has 0 aromatic heterocycles. The summed E-state index contributed by atoms with van der Waals surface area (Å²) in [6.45, 7) is 1.88. The fourth-order valence-corrected chi connectivity index (χ4v) is 4.20. The maximum absolute atomic E-state index is 12.4. The summed E-state index contributed by atoms with van der Waals surface area (Å²) in [5, 5.41) is 8.95. The number of sulfonamides is 1. The number of rotatable bonds is 5. The summed E-state index contributed by atoms with van der Waals surface area (Å²) in [6, 6.07) is 5.30. The van der Waals surface area contributed by atoms with Gasteiger partial charge in [-0.3, -0.25) is 0 Å². The van der Waals surface area contributed by atoms with Crippen LogP contribution < -0.4 is 4.72 Å². The van der Waals surface area contributed by atoms with Crippen molar-refractivity contribution in [2.45, 2.75) is 50.0 Å². The summed E-state index contributed by atoms with van der Waals surface area (Å²) >= 11 is 0. The van der Waals surface area contributed by atoms with Crippen molar-refractivity contribution in [3.8, 4) is 0 Å². The summed E-state index contributed by atoms with van der Waals surface area (Å²) in [7, 11) is -3.68. The van der Waals surface area contributed by atoms with Gasteiger partial charge in [0.05, 0.1) is 10.5 Å². The summed E-state index contributed by atoms with van der Waals surface area (Å²) < 4.78 is 27.4. The van der Waals surface area contributed by atoms with Crippen LogP contribution in [-0.4, -0.2) is 25.5 Å². The molecule has 1 aromatic rings. The van der Waals surface area contributed by atoms with Crippen LogP contribution in [0.4, 0.5) is 0 Å². The molecular weight excluding hydrogens is 290 g/mol. The predicted molar refractivity (Wildman–Crippen MR) is 79.8 cm³/mol. The summed E-state index contributed by atoms with van der Waals surface area (Å²) in [5.41, 5.74) is -0.0248. The van der Waals surface area contributed by atoms with Gasteiger partial charge in [-0.1, -0.05) is 25.3 Å². The number of hydrogen-bond acceptors (Lipinski definition) is 3. The van der Waals surface area contributed by atoms with E-state index in [4.69, 9.17) is 5.11 Å². The Kier molecular flexibility index (Phi) is 5.00. The molecule has 0 bridgehead atoms. The number of carbonyl (C=O) groups is 1. The minimum Gasteiger partial charge on any atom is -0.478 e. The van der Waals surface area contributed by atoms with E-state index in [9.17, 15) is 13.2 Å². The predicted octanol–water partition coefficient (Wildman–Crippen LogP) is 2.63. The highest BCUT2D eigenvalue weighted by molar-refractivity contribution is 7.89. The van der Waals surface area contributed by atoms with Gasteiger partial charge in [-0.25, -0.2) is 17.9 Å². The van der Waals surface area contributed by atoms with Crippen molar-refractivity contribution in [1.29, 1.82) is 0 Å². The van der Waals surface area contributed by atoms with Crippen molar-refractivity contribution < 1.29 is 18.3 Å². The number of nitrogens with one attached hydrogen (secondary N) is 1. The van der Waals surface area contributed by atoms with E-state index in [-0.39, 0.29) is 16.5 Å². The van der Waals surface area contributed by atoms with E-state index >= 15 is 0 Å². The van der Waals surface area contributed by atoms with E-state index in [2.05, 4.69) is 4.72 Å². The normalized spacial score (nSPS) is 18.3. The molecular formula is C15H21NO4S. The van der Waals surface area contributed by atoms with Crippen LogP contribution in [0.2, 0.25) is 0 Å². The molecule has 116 valence electrons. The van der Waals surface area contributed by atoms with E-state index in [1.54, 1.807) is 0 Å². The Hall–Kier alpha value is -1.40. The molecule has 0 heterocycles. The maximum atomic E-state index is 12.4. The fraction of sp³-hybridized carbons (Fsp3) is 0.533. The minimum atomic E-state index is -3.68. The van der Waals surface area contributed by atoms with Gasteiger partial charge in [0.2, 0.25) is 10.0 Å². The SMILES string of the molecule is C[C@H](NS(=O)(=O)c1cccc(C(=O)O)c1)C1CCCCC1. The first-order valence-electron chi connectivity index (χ1n) is 7.26. The zero-order valence-corrected chi connectivity index (χ0v) is 12.9. The monoisotopic (exact) mass is 311 g/mol. The van der Waals surface area contributed by atoms with Gasteiger partial charge in [0.15, 0.2) is 0 Å². The number of carboxylic acid groups (broad SMARTS) is 1. The van der Waals surface area contributed by atoms with Crippen molar-refractivity contribution >= 4 is 16.0 Å². The molecule has 1 aliphatic rings. The Bertz CT molecular complexity index is 606. The first kappa shape index (κ1) is 16.0. The van der Waals surface area contributed by atoms with Crippen molar-refractivity contribution in [2.75, 3.05) is 0 Å². The lowest BCUT2D eigenvalue weighted by atomic mass is 9.85. The van der Waals surface area contributed by atoms with E-state index in [1.165, 1.54) is 30.7 Å². The topological polar surface area (TPSA) is 83.5 Å². The number of hydrogen-bond donors (Lipinski definition) is 2. The zero-order chi connectivity index (χ0) is 15.5. The average molecular weight is 311 g/mol. The van der Waals surface area contributed by atoms with E-state index < -0.39 is 16.0 Å². The molecule has 1 aliphatic carbocycles. The third-order valence-electron chi connectivity index (χ3n) is 4.09. The molecule has 0 radical (unpaired) electrons. The lowest BCUT2D eigenvalue weighted by Gasteiger charge is -2.28. The largest absolute Gasteiger partial charge is 0.478 e. The van der Waals surface area contributed by atoms with Gasteiger partial charge in [-0.15, -0.1) is 0 Å². The van der Waals surface area contributed by atoms with Crippen molar-refractivity contribution in [3.05, 3.63) is 29.8 Å². The smallest absolute Gasteiger partial charge is 0.335 e. The van der Waals surface area contributed by atoms with Crippen molar-refractivity contribution in [3.63, 3.8) is 0 Å². The summed E-state index contributed by atoms with van der Waals surface area (Å²) in [4.78, 5) is 10.9. The molecule has 1 atom stereocenters. The Labute approximate surface area is 125 Å². The second-order valence-corrected chi connectivity index (χ2v) is 7.36. The molecule has 0 unspecified atom stereocenters. The Balaban J connectivity index is 2.14. The first-order chi connectivity index (χ1) is 9.90. The lowest BCUT2D eigenvalue weighted by Crippen LogP contribution is -2.38. The zero-order valence-electron chi connectivity index (χ0n) is 12.1. The highest BCUT2D eigenvalue weighted by Gasteiger charge is 2.25. The molecule has 5 nitrogen and oxygen atoms in total. The van der Waals surface area contributed by atoms with Crippen molar-refractivity contribution in [1.82, 2.24) is 4.72 Å².